The van der Waals surface area contributed by atoms with Gasteiger partial charge < -0.3 is 19.0 Å². The highest BCUT2D eigenvalue weighted by molar-refractivity contribution is 6.30. The summed E-state index contributed by atoms with van der Waals surface area (Å²) in [6.45, 7) is 5.60. The summed E-state index contributed by atoms with van der Waals surface area (Å²) in [6.07, 6.45) is 4.57. The topological polar surface area (TPSA) is 70.8 Å². The molecular formula is C31H31ClN6O2. The molecule has 0 N–H and O–H groups in total. The summed E-state index contributed by atoms with van der Waals surface area (Å²) >= 11 is 6.04. The van der Waals surface area contributed by atoms with Crippen molar-refractivity contribution < 1.29 is 9.15 Å². The molecule has 3 heterocycles. The molecule has 0 atom stereocenters. The summed E-state index contributed by atoms with van der Waals surface area (Å²) in [6, 6.07) is 23.6. The van der Waals surface area contributed by atoms with E-state index < -0.39 is 0 Å². The number of oxazole rings is 1. The van der Waals surface area contributed by atoms with Crippen LogP contribution < -0.4 is 14.5 Å². The van der Waals surface area contributed by atoms with Crippen molar-refractivity contribution in [1.29, 1.82) is 0 Å². The Bertz CT molecular complexity index is 1530. The number of hydrogen-bond acceptors (Lipinski definition) is 8. The van der Waals surface area contributed by atoms with Crippen molar-refractivity contribution in [2.24, 2.45) is 0 Å². The molecule has 204 valence electrons. The Morgan fingerprint density at radius 2 is 1.62 bits per heavy atom. The van der Waals surface area contributed by atoms with Crippen LogP contribution in [0, 0.1) is 0 Å². The molecule has 0 radical (unpaired) electrons. The van der Waals surface area contributed by atoms with Crippen molar-refractivity contribution in [3.63, 3.8) is 0 Å². The minimum Gasteiger partial charge on any atom is -0.494 e. The number of hydrogen-bond donors (Lipinski definition) is 0. The number of aromatic nitrogens is 3. The van der Waals surface area contributed by atoms with Crippen LogP contribution in [-0.4, -0.2) is 66.2 Å². The average Bonchev–Trinajstić information content (AvgIpc) is 3.44. The minimum absolute atomic E-state index is 0.591. The van der Waals surface area contributed by atoms with Gasteiger partial charge in [-0.2, -0.15) is 0 Å². The second kappa shape index (κ2) is 11.9. The van der Waals surface area contributed by atoms with Crippen molar-refractivity contribution in [1.82, 2.24) is 19.9 Å². The average molecular weight is 555 g/mol. The number of anilines is 3. The standard InChI is InChI=1S/C31H31ClN6O2/c1-36(25-8-6-24(32)7-9-25)26-10-13-29-28(22-26)35-30(40-29)23-4-11-27(12-5-23)39-21-3-16-37-17-19-38(20-18-37)31-33-14-2-15-34-31/h2,4-15,22H,3,16-21H2,1H3. The van der Waals surface area contributed by atoms with E-state index in [1.807, 2.05) is 79.8 Å². The van der Waals surface area contributed by atoms with Gasteiger partial charge in [-0.3, -0.25) is 4.90 Å². The van der Waals surface area contributed by atoms with E-state index in [0.717, 1.165) is 83.9 Å². The van der Waals surface area contributed by atoms with Crippen molar-refractivity contribution >= 4 is 40.0 Å². The highest BCUT2D eigenvalue weighted by Gasteiger charge is 2.18. The number of nitrogens with zero attached hydrogens (tertiary/aromatic N) is 6. The lowest BCUT2D eigenvalue weighted by Crippen LogP contribution is -2.47. The molecule has 1 aliphatic heterocycles. The van der Waals surface area contributed by atoms with Crippen LogP contribution in [0.25, 0.3) is 22.6 Å². The first-order chi connectivity index (χ1) is 19.6. The number of fused-ring (bicyclic) bond motifs is 1. The van der Waals surface area contributed by atoms with E-state index in [1.165, 1.54) is 0 Å². The van der Waals surface area contributed by atoms with Crippen molar-refractivity contribution in [3.05, 3.63) is 90.2 Å². The molecule has 0 bridgehead atoms. The van der Waals surface area contributed by atoms with Crippen LogP contribution in [0.4, 0.5) is 17.3 Å². The molecule has 0 spiro atoms. The molecule has 0 unspecified atom stereocenters. The number of halogens is 1. The zero-order chi connectivity index (χ0) is 27.3. The van der Waals surface area contributed by atoms with E-state index in [1.54, 1.807) is 12.4 Å². The highest BCUT2D eigenvalue weighted by atomic mass is 35.5. The lowest BCUT2D eigenvalue weighted by Gasteiger charge is -2.34. The van der Waals surface area contributed by atoms with Crippen LogP contribution in [0.3, 0.4) is 0 Å². The van der Waals surface area contributed by atoms with Gasteiger partial charge in [0.2, 0.25) is 11.8 Å². The van der Waals surface area contributed by atoms with Gasteiger partial charge >= 0.3 is 0 Å². The van der Waals surface area contributed by atoms with E-state index in [-0.39, 0.29) is 0 Å². The van der Waals surface area contributed by atoms with E-state index >= 15 is 0 Å². The van der Waals surface area contributed by atoms with Crippen molar-refractivity contribution in [2.45, 2.75) is 6.42 Å². The van der Waals surface area contributed by atoms with Gasteiger partial charge in [0.15, 0.2) is 5.58 Å². The first-order valence-electron chi connectivity index (χ1n) is 13.5. The Morgan fingerprint density at radius 1 is 0.900 bits per heavy atom. The smallest absolute Gasteiger partial charge is 0.227 e. The maximum atomic E-state index is 6.05. The molecule has 0 amide bonds. The summed E-state index contributed by atoms with van der Waals surface area (Å²) in [5.74, 6) is 2.25. The lowest BCUT2D eigenvalue weighted by atomic mass is 10.2. The SMILES string of the molecule is CN(c1ccc(Cl)cc1)c1ccc2oc(-c3ccc(OCCCN4CCN(c5ncccn5)CC4)cc3)nc2c1. The van der Waals surface area contributed by atoms with Gasteiger partial charge in [-0.15, -0.1) is 0 Å². The summed E-state index contributed by atoms with van der Waals surface area (Å²) in [5.41, 5.74) is 4.54. The summed E-state index contributed by atoms with van der Waals surface area (Å²) < 4.78 is 12.1. The van der Waals surface area contributed by atoms with Crippen LogP contribution in [-0.2, 0) is 0 Å². The third kappa shape index (κ3) is 6.03. The monoisotopic (exact) mass is 554 g/mol. The Morgan fingerprint density at radius 3 is 2.38 bits per heavy atom. The zero-order valence-electron chi connectivity index (χ0n) is 22.4. The quantitative estimate of drug-likeness (QED) is 0.197. The summed E-state index contributed by atoms with van der Waals surface area (Å²) in [4.78, 5) is 20.3. The van der Waals surface area contributed by atoms with Gasteiger partial charge in [0.1, 0.15) is 11.3 Å². The van der Waals surface area contributed by atoms with Crippen LogP contribution in [0.2, 0.25) is 5.02 Å². The van der Waals surface area contributed by atoms with Crippen molar-refractivity contribution in [3.8, 4) is 17.2 Å². The molecule has 2 aromatic heterocycles. The molecule has 6 rings (SSSR count). The predicted molar refractivity (Wildman–Crippen MR) is 160 cm³/mol. The van der Waals surface area contributed by atoms with E-state index in [0.29, 0.717) is 12.5 Å². The molecule has 9 heteroatoms. The fourth-order valence-electron chi connectivity index (χ4n) is 4.86. The second-order valence-electron chi connectivity index (χ2n) is 9.81. The predicted octanol–water partition coefficient (Wildman–Crippen LogP) is 6.30. The molecule has 0 saturated carbocycles. The maximum absolute atomic E-state index is 6.05. The fraction of sp³-hybridized carbons (Fsp3) is 0.258. The molecule has 1 aliphatic rings. The molecule has 1 fully saturated rings. The molecule has 0 aliphatic carbocycles. The Labute approximate surface area is 238 Å². The zero-order valence-corrected chi connectivity index (χ0v) is 23.2. The van der Waals surface area contributed by atoms with Crippen molar-refractivity contribution in [2.75, 3.05) is 56.2 Å². The number of rotatable bonds is 9. The summed E-state index contributed by atoms with van der Waals surface area (Å²) in [5, 5.41) is 0.717. The largest absolute Gasteiger partial charge is 0.494 e. The van der Waals surface area contributed by atoms with Crippen LogP contribution in [0.15, 0.2) is 89.6 Å². The third-order valence-corrected chi connectivity index (χ3v) is 7.42. The molecule has 8 nitrogen and oxygen atoms in total. The van der Waals surface area contributed by atoms with Crippen LogP contribution in [0.1, 0.15) is 6.42 Å². The Balaban J connectivity index is 0.997. The molecule has 40 heavy (non-hydrogen) atoms. The number of benzene rings is 3. The lowest BCUT2D eigenvalue weighted by molar-refractivity contribution is 0.224. The van der Waals surface area contributed by atoms with Gasteiger partial charge in [-0.1, -0.05) is 11.6 Å². The second-order valence-corrected chi connectivity index (χ2v) is 10.2. The van der Waals surface area contributed by atoms with Gasteiger partial charge in [0.25, 0.3) is 0 Å². The highest BCUT2D eigenvalue weighted by Crippen LogP contribution is 2.31. The molecule has 3 aromatic carbocycles. The normalized spacial score (nSPS) is 14.0. The van der Waals surface area contributed by atoms with E-state index in [9.17, 15) is 0 Å². The minimum atomic E-state index is 0.591. The first kappa shape index (κ1) is 26.1. The van der Waals surface area contributed by atoms with Gasteiger partial charge in [0.05, 0.1) is 6.61 Å². The first-order valence-corrected chi connectivity index (χ1v) is 13.9. The fourth-order valence-corrected chi connectivity index (χ4v) is 4.99. The van der Waals surface area contributed by atoms with Gasteiger partial charge in [0, 0.05) is 74.1 Å². The van der Waals surface area contributed by atoms with Gasteiger partial charge in [-0.25, -0.2) is 15.0 Å². The van der Waals surface area contributed by atoms with E-state index in [2.05, 4.69) is 24.7 Å². The number of ether oxygens (including phenoxy) is 1. The number of piperazine rings is 1. The Hall–Kier alpha value is -4.14. The van der Waals surface area contributed by atoms with Crippen LogP contribution >= 0.6 is 11.6 Å². The summed E-state index contributed by atoms with van der Waals surface area (Å²) in [7, 11) is 2.02. The van der Waals surface area contributed by atoms with Gasteiger partial charge in [-0.05, 0) is 79.2 Å². The Kier molecular flexibility index (Phi) is 7.79. The molecular weight excluding hydrogens is 524 g/mol. The van der Waals surface area contributed by atoms with Crippen LogP contribution in [0.5, 0.6) is 5.75 Å². The third-order valence-electron chi connectivity index (χ3n) is 7.17. The van der Waals surface area contributed by atoms with E-state index in [4.69, 9.17) is 25.7 Å². The molecule has 5 aromatic rings. The molecule has 1 saturated heterocycles. The maximum Gasteiger partial charge on any atom is 0.227 e.